The predicted octanol–water partition coefficient (Wildman–Crippen LogP) is 0.878. The van der Waals surface area contributed by atoms with Crippen LogP contribution in [0.1, 0.15) is 25.3 Å². The van der Waals surface area contributed by atoms with Crippen molar-refractivity contribution in [2.24, 2.45) is 5.92 Å². The molecule has 1 aromatic heterocycles. The number of aromatic amines is 1. The summed E-state index contributed by atoms with van der Waals surface area (Å²) in [6, 6.07) is 9.32. The van der Waals surface area contributed by atoms with Gasteiger partial charge in [0, 0.05) is 20.2 Å². The van der Waals surface area contributed by atoms with Crippen LogP contribution in [0.2, 0.25) is 0 Å². The highest BCUT2D eigenvalue weighted by atomic mass is 16.5. The molecule has 3 rings (SSSR count). The van der Waals surface area contributed by atoms with Crippen LogP contribution in [-0.2, 0) is 16.1 Å². The van der Waals surface area contributed by atoms with Crippen LogP contribution in [-0.4, -0.2) is 60.3 Å². The molecule has 1 unspecified atom stereocenters. The van der Waals surface area contributed by atoms with Crippen molar-refractivity contribution in [1.82, 2.24) is 14.5 Å². The smallest absolute Gasteiger partial charge is 0.330 e. The summed E-state index contributed by atoms with van der Waals surface area (Å²) in [4.78, 5) is 44.2. The van der Waals surface area contributed by atoms with Gasteiger partial charge in [-0.2, -0.15) is 0 Å². The van der Waals surface area contributed by atoms with E-state index in [0.29, 0.717) is 5.92 Å². The number of methoxy groups -OCH3 is 1. The van der Waals surface area contributed by atoms with E-state index in [1.165, 1.54) is 16.6 Å². The molecule has 0 aliphatic carbocycles. The minimum Gasteiger partial charge on any atom is -0.383 e. The van der Waals surface area contributed by atoms with Gasteiger partial charge in [-0.3, -0.25) is 24.0 Å². The number of hydrogen-bond donors (Lipinski definition) is 2. The third-order valence-corrected chi connectivity index (χ3v) is 5.59. The largest absolute Gasteiger partial charge is 0.383 e. The van der Waals surface area contributed by atoms with Crippen molar-refractivity contribution in [3.05, 3.63) is 56.7 Å². The van der Waals surface area contributed by atoms with Crippen molar-refractivity contribution < 1.29 is 9.53 Å². The van der Waals surface area contributed by atoms with Crippen molar-refractivity contribution >= 4 is 17.4 Å². The van der Waals surface area contributed by atoms with Gasteiger partial charge in [-0.15, -0.1) is 0 Å². The molecule has 1 amide bonds. The Kier molecular flexibility index (Phi) is 7.64. The Bertz CT molecular complexity index is 1000. The lowest BCUT2D eigenvalue weighted by Crippen LogP contribution is -2.48. The summed E-state index contributed by atoms with van der Waals surface area (Å²) in [7, 11) is 1.53. The van der Waals surface area contributed by atoms with Crippen molar-refractivity contribution in [3.8, 4) is 0 Å². The van der Waals surface area contributed by atoms with Crippen LogP contribution in [0.3, 0.4) is 0 Å². The van der Waals surface area contributed by atoms with Gasteiger partial charge in [0.2, 0.25) is 5.91 Å². The summed E-state index contributed by atoms with van der Waals surface area (Å²) < 4.78 is 6.43. The number of rotatable bonds is 8. The number of nitrogens with two attached hydrogens (primary N) is 1. The van der Waals surface area contributed by atoms with Crippen LogP contribution in [0.5, 0.6) is 0 Å². The zero-order chi connectivity index (χ0) is 22.4. The quantitative estimate of drug-likeness (QED) is 0.644. The summed E-state index contributed by atoms with van der Waals surface area (Å²) in [5, 5.41) is 0. The van der Waals surface area contributed by atoms with E-state index in [4.69, 9.17) is 10.5 Å². The first-order valence-electron chi connectivity index (χ1n) is 10.6. The number of benzene rings is 1. The Hall–Kier alpha value is -2.91. The van der Waals surface area contributed by atoms with E-state index >= 15 is 0 Å². The Morgan fingerprint density at radius 3 is 2.71 bits per heavy atom. The summed E-state index contributed by atoms with van der Waals surface area (Å²) in [6.45, 7) is 4.61. The molecule has 1 aliphatic rings. The number of carbonyl (C=O) groups is 1. The molecule has 2 aromatic rings. The average Bonchev–Trinajstić information content (AvgIpc) is 2.74. The molecule has 1 atom stereocenters. The normalized spacial score (nSPS) is 16.9. The maximum absolute atomic E-state index is 13.2. The summed E-state index contributed by atoms with van der Waals surface area (Å²) in [5.41, 5.74) is 5.85. The maximum atomic E-state index is 13.2. The van der Waals surface area contributed by atoms with E-state index in [-0.39, 0.29) is 43.7 Å². The Morgan fingerprint density at radius 2 is 2.03 bits per heavy atom. The number of likely N-dealkylation sites (tertiary alicyclic amines) is 1. The first kappa shape index (κ1) is 22.8. The van der Waals surface area contributed by atoms with E-state index in [1.54, 1.807) is 0 Å². The van der Waals surface area contributed by atoms with Gasteiger partial charge in [-0.25, -0.2) is 4.79 Å². The van der Waals surface area contributed by atoms with Gasteiger partial charge in [0.1, 0.15) is 5.82 Å². The minimum atomic E-state index is -0.678. The van der Waals surface area contributed by atoms with Gasteiger partial charge >= 0.3 is 5.69 Å². The molecule has 1 aliphatic heterocycles. The van der Waals surface area contributed by atoms with E-state index < -0.39 is 11.2 Å². The van der Waals surface area contributed by atoms with E-state index in [0.717, 1.165) is 31.5 Å². The maximum Gasteiger partial charge on any atom is 0.330 e. The number of carbonyl (C=O) groups excluding carboxylic acids is 1. The Balaban J connectivity index is 1.94. The fourth-order valence-electron chi connectivity index (χ4n) is 4.01. The van der Waals surface area contributed by atoms with Crippen molar-refractivity contribution in [1.29, 1.82) is 0 Å². The molecule has 3 N–H and O–H groups in total. The van der Waals surface area contributed by atoms with E-state index in [2.05, 4.69) is 16.8 Å². The molecule has 0 saturated carbocycles. The van der Waals surface area contributed by atoms with Crippen molar-refractivity contribution in [2.45, 2.75) is 26.3 Å². The number of nitrogen functional groups attached to an aromatic ring is 1. The standard InChI is InChI=1S/C22H31N5O4/c1-16-7-6-10-25(13-16)15-18(28)26(11-12-31-2)19-20(23)27(22(30)24-21(19)29)14-17-8-4-3-5-9-17/h3-5,8-9,16H,6-7,10-15,23H2,1-2H3,(H,24,29,30). The third kappa shape index (κ3) is 5.62. The van der Waals surface area contributed by atoms with Gasteiger partial charge in [0.15, 0.2) is 5.69 Å². The minimum absolute atomic E-state index is 0.0114. The zero-order valence-electron chi connectivity index (χ0n) is 18.2. The number of H-pyrrole nitrogens is 1. The predicted molar refractivity (Wildman–Crippen MR) is 120 cm³/mol. The lowest BCUT2D eigenvalue weighted by atomic mass is 10.0. The summed E-state index contributed by atoms with van der Waals surface area (Å²) >= 11 is 0. The second-order valence-corrected chi connectivity index (χ2v) is 8.09. The fourth-order valence-corrected chi connectivity index (χ4v) is 4.01. The first-order valence-corrected chi connectivity index (χ1v) is 10.6. The van der Waals surface area contributed by atoms with Gasteiger partial charge in [-0.1, -0.05) is 37.3 Å². The molecule has 168 valence electrons. The molecule has 2 heterocycles. The number of amides is 1. The molecule has 0 spiro atoms. The van der Waals surface area contributed by atoms with E-state index in [9.17, 15) is 14.4 Å². The number of hydrogen-bond acceptors (Lipinski definition) is 6. The zero-order valence-corrected chi connectivity index (χ0v) is 18.2. The number of aromatic nitrogens is 2. The summed E-state index contributed by atoms with van der Waals surface area (Å²) in [6.07, 6.45) is 2.19. The topological polar surface area (TPSA) is 114 Å². The van der Waals surface area contributed by atoms with Crippen LogP contribution in [0, 0.1) is 5.92 Å². The van der Waals surface area contributed by atoms with Crippen LogP contribution in [0.25, 0.3) is 0 Å². The van der Waals surface area contributed by atoms with Crippen LogP contribution >= 0.6 is 0 Å². The van der Waals surface area contributed by atoms with Crippen LogP contribution in [0.15, 0.2) is 39.9 Å². The number of nitrogens with one attached hydrogen (secondary N) is 1. The third-order valence-electron chi connectivity index (χ3n) is 5.59. The molecule has 0 bridgehead atoms. The molecular formula is C22H31N5O4. The SMILES string of the molecule is COCCN(C(=O)CN1CCCC(C)C1)c1c(N)n(Cc2ccccc2)c(=O)[nH]c1=O. The monoisotopic (exact) mass is 429 g/mol. The molecule has 9 nitrogen and oxygen atoms in total. The first-order chi connectivity index (χ1) is 14.9. The summed E-state index contributed by atoms with van der Waals surface area (Å²) in [5.74, 6) is 0.248. The highest BCUT2D eigenvalue weighted by Crippen LogP contribution is 2.20. The number of piperidine rings is 1. The van der Waals surface area contributed by atoms with Gasteiger partial charge in [-0.05, 0) is 30.9 Å². The highest BCUT2D eigenvalue weighted by Gasteiger charge is 2.27. The Morgan fingerprint density at radius 1 is 1.29 bits per heavy atom. The van der Waals surface area contributed by atoms with Crippen molar-refractivity contribution in [2.75, 3.05) is 50.5 Å². The second kappa shape index (κ2) is 10.4. The Labute approximate surface area is 181 Å². The van der Waals surface area contributed by atoms with E-state index in [1.807, 2.05) is 30.3 Å². The lowest BCUT2D eigenvalue weighted by Gasteiger charge is -2.32. The number of nitrogens with zero attached hydrogens (tertiary/aromatic N) is 3. The molecule has 0 radical (unpaired) electrons. The van der Waals surface area contributed by atoms with Crippen LogP contribution < -0.4 is 21.9 Å². The average molecular weight is 430 g/mol. The lowest BCUT2D eigenvalue weighted by molar-refractivity contribution is -0.120. The molecule has 1 aromatic carbocycles. The number of ether oxygens (including phenoxy) is 1. The molecule has 1 fully saturated rings. The molecule has 9 heteroatoms. The van der Waals surface area contributed by atoms with Gasteiger partial charge in [0.25, 0.3) is 5.56 Å². The van der Waals surface area contributed by atoms with Gasteiger partial charge < -0.3 is 15.4 Å². The van der Waals surface area contributed by atoms with Gasteiger partial charge in [0.05, 0.1) is 19.7 Å². The fraction of sp³-hybridized carbons (Fsp3) is 0.500. The van der Waals surface area contributed by atoms with Crippen molar-refractivity contribution in [3.63, 3.8) is 0 Å². The molecule has 1 saturated heterocycles. The second-order valence-electron chi connectivity index (χ2n) is 8.09. The molecule has 31 heavy (non-hydrogen) atoms. The number of anilines is 2. The highest BCUT2D eigenvalue weighted by molar-refractivity contribution is 5.96. The van der Waals surface area contributed by atoms with Crippen LogP contribution in [0.4, 0.5) is 11.5 Å². The molecular weight excluding hydrogens is 398 g/mol.